The van der Waals surface area contributed by atoms with Crippen LogP contribution in [0.2, 0.25) is 0 Å². The minimum absolute atomic E-state index is 0.0210. The van der Waals surface area contributed by atoms with Crippen molar-refractivity contribution < 1.29 is 38.7 Å². The van der Waals surface area contributed by atoms with Crippen LogP contribution in [0.1, 0.15) is 36.0 Å². The molecular weight excluding hydrogens is 514 g/mol. The zero-order valence-electron chi connectivity index (χ0n) is 24.1. The Kier molecular flexibility index (Phi) is 6.10. The Labute approximate surface area is 236 Å². The van der Waals surface area contributed by atoms with Crippen molar-refractivity contribution in [3.05, 3.63) is 35.9 Å². The second kappa shape index (κ2) is 8.96. The van der Waals surface area contributed by atoms with Crippen molar-refractivity contribution in [2.75, 3.05) is 48.6 Å². The van der Waals surface area contributed by atoms with E-state index in [1.807, 2.05) is 6.07 Å². The van der Waals surface area contributed by atoms with E-state index in [9.17, 15) is 15.0 Å². The molecule has 9 heteroatoms. The summed E-state index contributed by atoms with van der Waals surface area (Å²) in [5.41, 5.74) is -2.90. The first-order valence-corrected chi connectivity index (χ1v) is 14.7. The van der Waals surface area contributed by atoms with E-state index in [0.29, 0.717) is 18.6 Å². The van der Waals surface area contributed by atoms with Gasteiger partial charge >= 0.3 is 5.97 Å². The van der Waals surface area contributed by atoms with Gasteiger partial charge in [0.1, 0.15) is 11.7 Å². The monoisotopic (exact) mass is 557 g/mol. The molecule has 40 heavy (non-hydrogen) atoms. The standard InChI is InChI=1S/C31H43NO8/c1-32-15-28(16-36-2)12-11-19(37-3)31-18-13-29(34)20(38-4)14-30(35,22(25(31)32)23(39-5)24(28)31)21(18)26(29)40-27(33)17-9-7-6-8-10-17/h6-10,18-26,34-35H,11-16H2,1-5H3/t18-,19+,20+,21-,22+,23+,24-,25-,26-,28+,29+,30-,31+/m1/s1. The van der Waals surface area contributed by atoms with E-state index in [1.165, 1.54) is 0 Å². The number of ether oxygens (including phenoxy) is 5. The van der Waals surface area contributed by atoms with Gasteiger partial charge in [-0.1, -0.05) is 18.2 Å². The molecule has 5 aliphatic carbocycles. The highest BCUT2D eigenvalue weighted by atomic mass is 16.6. The fourth-order valence-corrected chi connectivity index (χ4v) is 11.8. The van der Waals surface area contributed by atoms with Crippen molar-refractivity contribution in [2.45, 2.75) is 67.3 Å². The van der Waals surface area contributed by atoms with E-state index in [2.05, 4.69) is 11.9 Å². The zero-order valence-corrected chi connectivity index (χ0v) is 24.1. The molecule has 0 aromatic heterocycles. The number of fused-ring (bicyclic) bond motifs is 2. The number of carbonyl (C=O) groups excluding carboxylic acids is 1. The van der Waals surface area contributed by atoms with E-state index in [0.717, 1.165) is 19.4 Å². The van der Waals surface area contributed by atoms with Gasteiger partial charge in [-0.2, -0.15) is 0 Å². The summed E-state index contributed by atoms with van der Waals surface area (Å²) in [6.07, 6.45) is 0.459. The molecule has 1 heterocycles. The van der Waals surface area contributed by atoms with Crippen LogP contribution in [-0.2, 0) is 23.7 Å². The summed E-state index contributed by atoms with van der Waals surface area (Å²) < 4.78 is 30.9. The summed E-state index contributed by atoms with van der Waals surface area (Å²) in [6, 6.07) is 8.84. The smallest absolute Gasteiger partial charge is 0.338 e. The third-order valence-corrected chi connectivity index (χ3v) is 12.4. The van der Waals surface area contributed by atoms with Crippen molar-refractivity contribution in [1.82, 2.24) is 4.90 Å². The highest BCUT2D eigenvalue weighted by molar-refractivity contribution is 5.89. The molecule has 7 rings (SSSR count). The number of benzene rings is 1. The lowest BCUT2D eigenvalue weighted by atomic mass is 9.43. The normalized spacial score (nSPS) is 52.0. The number of hydrogen-bond acceptors (Lipinski definition) is 9. The molecule has 5 saturated carbocycles. The van der Waals surface area contributed by atoms with Gasteiger partial charge in [-0.15, -0.1) is 0 Å². The quantitative estimate of drug-likeness (QED) is 0.485. The molecule has 13 atom stereocenters. The van der Waals surface area contributed by atoms with Crippen LogP contribution in [0.5, 0.6) is 0 Å². The molecule has 1 aromatic rings. The first-order chi connectivity index (χ1) is 19.2. The van der Waals surface area contributed by atoms with Crippen LogP contribution in [0.4, 0.5) is 0 Å². The zero-order chi connectivity index (χ0) is 28.2. The van der Waals surface area contributed by atoms with Crippen molar-refractivity contribution in [3.8, 4) is 0 Å². The van der Waals surface area contributed by atoms with Crippen molar-refractivity contribution in [2.24, 2.45) is 34.5 Å². The van der Waals surface area contributed by atoms with Crippen LogP contribution in [0.15, 0.2) is 30.3 Å². The molecule has 2 N–H and O–H groups in total. The van der Waals surface area contributed by atoms with E-state index in [4.69, 9.17) is 23.7 Å². The number of piperidine rings is 1. The summed E-state index contributed by atoms with van der Waals surface area (Å²) >= 11 is 0. The maximum Gasteiger partial charge on any atom is 0.338 e. The van der Waals surface area contributed by atoms with Gasteiger partial charge < -0.3 is 38.8 Å². The second-order valence-corrected chi connectivity index (χ2v) is 13.6. The number of nitrogens with zero attached hydrogens (tertiary/aromatic N) is 1. The fourth-order valence-electron chi connectivity index (χ4n) is 11.8. The minimum Gasteiger partial charge on any atom is -0.455 e. The molecule has 220 valence electrons. The van der Waals surface area contributed by atoms with Gasteiger partial charge in [-0.05, 0) is 44.4 Å². The Bertz CT molecular complexity index is 1170. The lowest BCUT2D eigenvalue weighted by Crippen LogP contribution is -2.76. The summed E-state index contributed by atoms with van der Waals surface area (Å²) in [5.74, 6) is -1.37. The molecule has 0 unspecified atom stereocenters. The van der Waals surface area contributed by atoms with Gasteiger partial charge in [0.15, 0.2) is 0 Å². The Balaban J connectivity index is 1.44. The number of carbonyl (C=O) groups is 1. The number of hydrogen-bond donors (Lipinski definition) is 2. The van der Waals surface area contributed by atoms with Crippen LogP contribution in [0.3, 0.4) is 0 Å². The molecule has 6 aliphatic rings. The summed E-state index contributed by atoms with van der Waals surface area (Å²) in [4.78, 5) is 15.9. The van der Waals surface area contributed by atoms with E-state index in [1.54, 1.807) is 52.7 Å². The lowest BCUT2D eigenvalue weighted by Gasteiger charge is -2.68. The van der Waals surface area contributed by atoms with Gasteiger partial charge in [0.2, 0.25) is 0 Å². The van der Waals surface area contributed by atoms with Crippen LogP contribution in [-0.4, -0.2) is 111 Å². The van der Waals surface area contributed by atoms with Gasteiger partial charge in [0.25, 0.3) is 0 Å². The highest BCUT2D eigenvalue weighted by Crippen LogP contribution is 2.80. The number of methoxy groups -OCH3 is 4. The van der Waals surface area contributed by atoms with Gasteiger partial charge in [-0.25, -0.2) is 4.79 Å². The fraction of sp³-hybridized carbons (Fsp3) is 0.774. The molecule has 6 fully saturated rings. The highest BCUT2D eigenvalue weighted by Gasteiger charge is 2.88. The van der Waals surface area contributed by atoms with E-state index >= 15 is 0 Å². The maximum atomic E-state index is 13.5. The predicted octanol–water partition coefficient (Wildman–Crippen LogP) is 1.75. The molecule has 1 aliphatic heterocycles. The summed E-state index contributed by atoms with van der Waals surface area (Å²) in [7, 11) is 9.03. The number of aliphatic hydroxyl groups is 2. The minimum atomic E-state index is -1.44. The van der Waals surface area contributed by atoms with Gasteiger partial charge in [-0.3, -0.25) is 0 Å². The van der Waals surface area contributed by atoms with Crippen molar-refractivity contribution in [3.63, 3.8) is 0 Å². The van der Waals surface area contributed by atoms with Gasteiger partial charge in [0, 0.05) is 76.0 Å². The molecule has 9 nitrogen and oxygen atoms in total. The first kappa shape index (κ1) is 27.3. The van der Waals surface area contributed by atoms with E-state index < -0.39 is 40.7 Å². The van der Waals surface area contributed by atoms with Crippen molar-refractivity contribution in [1.29, 1.82) is 0 Å². The Morgan fingerprint density at radius 3 is 2.35 bits per heavy atom. The number of likely N-dealkylation sites (tertiary alicyclic amines) is 1. The Morgan fingerprint density at radius 2 is 1.70 bits per heavy atom. The number of rotatable bonds is 7. The molecule has 7 bridgehead atoms. The van der Waals surface area contributed by atoms with Crippen molar-refractivity contribution >= 4 is 5.97 Å². The Hall–Kier alpha value is -1.59. The van der Waals surface area contributed by atoms with Crippen LogP contribution >= 0.6 is 0 Å². The topological polar surface area (TPSA) is 107 Å². The number of esters is 1. The molecule has 1 saturated heterocycles. The molecular formula is C31H43NO8. The van der Waals surface area contributed by atoms with Gasteiger partial charge in [0.05, 0.1) is 36.1 Å². The summed E-state index contributed by atoms with van der Waals surface area (Å²) in [5, 5.41) is 25.5. The Morgan fingerprint density at radius 1 is 0.975 bits per heavy atom. The largest absolute Gasteiger partial charge is 0.455 e. The maximum absolute atomic E-state index is 13.5. The molecule has 1 aromatic carbocycles. The third-order valence-electron chi connectivity index (χ3n) is 12.4. The second-order valence-electron chi connectivity index (χ2n) is 13.6. The lowest BCUT2D eigenvalue weighted by molar-refractivity contribution is -0.281. The summed E-state index contributed by atoms with van der Waals surface area (Å²) in [6.45, 7) is 1.44. The van der Waals surface area contributed by atoms with Crippen LogP contribution in [0, 0.1) is 34.5 Å². The third kappa shape index (κ3) is 3.00. The molecule has 0 amide bonds. The first-order valence-electron chi connectivity index (χ1n) is 14.7. The average Bonchev–Trinajstić information content (AvgIpc) is 3.34. The molecule has 1 spiro atoms. The predicted molar refractivity (Wildman–Crippen MR) is 144 cm³/mol. The van der Waals surface area contributed by atoms with Crippen LogP contribution in [0.25, 0.3) is 0 Å². The SMILES string of the molecule is COC[C@@]12CC[C@H](OC)[C@@]34[C@@H]5C[C@]6(O)[C@@H](OC)C[C@@](O)([C@H]5[C@H]6OC(=O)c5ccccc5)[C@@H]([C@H](OC)[C@H]13)[C@H]4N(C)C2. The molecule has 0 radical (unpaired) electrons. The average molecular weight is 558 g/mol. The van der Waals surface area contributed by atoms with E-state index in [-0.39, 0.29) is 47.8 Å². The van der Waals surface area contributed by atoms with Crippen LogP contribution < -0.4 is 0 Å².